The van der Waals surface area contributed by atoms with E-state index in [0.29, 0.717) is 11.4 Å². The number of sulfonamides is 1. The molecule has 1 heterocycles. The number of benzene rings is 2. The molecule has 0 aliphatic rings. The van der Waals surface area contributed by atoms with Crippen molar-refractivity contribution < 1.29 is 8.42 Å². The van der Waals surface area contributed by atoms with E-state index in [9.17, 15) is 8.42 Å². The van der Waals surface area contributed by atoms with Crippen molar-refractivity contribution in [2.45, 2.75) is 4.90 Å². The summed E-state index contributed by atoms with van der Waals surface area (Å²) in [6.07, 6.45) is 1.14. The van der Waals surface area contributed by atoms with E-state index in [4.69, 9.17) is 23.2 Å². The summed E-state index contributed by atoms with van der Waals surface area (Å²) >= 11 is 11.5. The molecule has 1 aromatic heterocycles. The number of nitrogens with zero attached hydrogens (tertiary/aromatic N) is 3. The largest absolute Gasteiger partial charge is 0.280 e. The van der Waals surface area contributed by atoms with Gasteiger partial charge in [-0.1, -0.05) is 41.4 Å². The summed E-state index contributed by atoms with van der Waals surface area (Å²) in [6.45, 7) is 0. The third-order valence-electron chi connectivity index (χ3n) is 3.24. The lowest BCUT2D eigenvalue weighted by atomic mass is 10.3. The molecule has 0 unspecified atom stereocenters. The molecule has 0 spiro atoms. The maximum Gasteiger partial charge on any atom is 0.263 e. The SMILES string of the molecule is O=S(=O)(Nc1ccc(N=Nc2ccccc2)cc1)c1cnc(Cl)c(Cl)c1. The summed E-state index contributed by atoms with van der Waals surface area (Å²) in [6, 6.07) is 17.0. The molecule has 0 bridgehead atoms. The normalized spacial score (nSPS) is 11.6. The number of nitrogens with one attached hydrogen (secondary N) is 1. The van der Waals surface area contributed by atoms with E-state index in [-0.39, 0.29) is 15.1 Å². The van der Waals surface area contributed by atoms with Gasteiger partial charge in [0.1, 0.15) is 10.0 Å². The average Bonchev–Trinajstić information content (AvgIpc) is 2.64. The Kier molecular flexibility index (Phi) is 5.51. The van der Waals surface area contributed by atoms with Gasteiger partial charge in [0.15, 0.2) is 0 Å². The van der Waals surface area contributed by atoms with Crippen LogP contribution < -0.4 is 4.72 Å². The van der Waals surface area contributed by atoms with Gasteiger partial charge < -0.3 is 0 Å². The number of aromatic nitrogens is 1. The van der Waals surface area contributed by atoms with Crippen LogP contribution in [0.2, 0.25) is 10.2 Å². The third kappa shape index (κ3) is 4.57. The molecule has 2 aromatic carbocycles. The lowest BCUT2D eigenvalue weighted by molar-refractivity contribution is 0.601. The molecule has 0 saturated heterocycles. The molecule has 1 N–H and O–H groups in total. The summed E-state index contributed by atoms with van der Waals surface area (Å²) in [5.74, 6) is 0. The Labute approximate surface area is 160 Å². The quantitative estimate of drug-likeness (QED) is 0.441. The van der Waals surface area contributed by atoms with Crippen molar-refractivity contribution >= 4 is 50.3 Å². The van der Waals surface area contributed by atoms with Gasteiger partial charge in [0.05, 0.1) is 16.4 Å². The van der Waals surface area contributed by atoms with Gasteiger partial charge in [-0.3, -0.25) is 4.72 Å². The molecule has 6 nitrogen and oxygen atoms in total. The molecule has 0 atom stereocenters. The van der Waals surface area contributed by atoms with Gasteiger partial charge in [-0.2, -0.15) is 10.2 Å². The average molecular weight is 407 g/mol. The van der Waals surface area contributed by atoms with Crippen molar-refractivity contribution in [1.82, 2.24) is 4.98 Å². The number of halogens is 2. The smallest absolute Gasteiger partial charge is 0.263 e. The van der Waals surface area contributed by atoms with Crippen molar-refractivity contribution in [3.05, 3.63) is 77.0 Å². The van der Waals surface area contributed by atoms with Crippen LogP contribution in [-0.2, 0) is 10.0 Å². The van der Waals surface area contributed by atoms with E-state index >= 15 is 0 Å². The zero-order valence-corrected chi connectivity index (χ0v) is 15.5. The molecule has 0 radical (unpaired) electrons. The molecular weight excluding hydrogens is 395 g/mol. The van der Waals surface area contributed by atoms with Crippen LogP contribution in [0.1, 0.15) is 0 Å². The fourth-order valence-corrected chi connectivity index (χ4v) is 3.33. The first-order valence-electron chi connectivity index (χ1n) is 7.35. The summed E-state index contributed by atoms with van der Waals surface area (Å²) in [5.41, 5.74) is 1.69. The molecule has 3 rings (SSSR count). The number of azo groups is 1. The van der Waals surface area contributed by atoms with Crippen LogP contribution in [-0.4, -0.2) is 13.4 Å². The maximum absolute atomic E-state index is 12.4. The van der Waals surface area contributed by atoms with E-state index in [1.165, 1.54) is 6.07 Å². The van der Waals surface area contributed by atoms with Crippen LogP contribution in [0.25, 0.3) is 0 Å². The second kappa shape index (κ2) is 7.82. The van der Waals surface area contributed by atoms with E-state index in [1.807, 2.05) is 30.3 Å². The summed E-state index contributed by atoms with van der Waals surface area (Å²) in [4.78, 5) is 3.66. The van der Waals surface area contributed by atoms with Crippen molar-refractivity contribution in [2.24, 2.45) is 10.2 Å². The van der Waals surface area contributed by atoms with Gasteiger partial charge in [0, 0.05) is 11.9 Å². The summed E-state index contributed by atoms with van der Waals surface area (Å²) < 4.78 is 27.2. The van der Waals surface area contributed by atoms with E-state index < -0.39 is 10.0 Å². The van der Waals surface area contributed by atoms with Crippen LogP contribution in [0.5, 0.6) is 0 Å². The zero-order chi connectivity index (χ0) is 18.6. The predicted octanol–water partition coefficient (Wildman–Crippen LogP) is 5.60. The number of hydrogen-bond donors (Lipinski definition) is 1. The van der Waals surface area contributed by atoms with Crippen molar-refractivity contribution in [3.63, 3.8) is 0 Å². The van der Waals surface area contributed by atoms with Crippen LogP contribution in [0, 0.1) is 0 Å². The summed E-state index contributed by atoms with van der Waals surface area (Å²) in [5, 5.41) is 8.30. The highest BCUT2D eigenvalue weighted by atomic mass is 35.5. The molecule has 0 saturated carbocycles. The Balaban J connectivity index is 1.74. The molecule has 0 aliphatic carbocycles. The minimum Gasteiger partial charge on any atom is -0.280 e. The molecule has 26 heavy (non-hydrogen) atoms. The van der Waals surface area contributed by atoms with Crippen LogP contribution in [0.15, 0.2) is 82.0 Å². The van der Waals surface area contributed by atoms with Crippen molar-refractivity contribution in [2.75, 3.05) is 4.72 Å². The van der Waals surface area contributed by atoms with E-state index in [0.717, 1.165) is 11.9 Å². The van der Waals surface area contributed by atoms with Gasteiger partial charge in [-0.05, 0) is 42.5 Å². The zero-order valence-electron chi connectivity index (χ0n) is 13.2. The Morgan fingerprint density at radius 3 is 2.12 bits per heavy atom. The van der Waals surface area contributed by atoms with E-state index in [2.05, 4.69) is 19.9 Å². The van der Waals surface area contributed by atoms with Gasteiger partial charge in [0.25, 0.3) is 10.0 Å². The minimum atomic E-state index is -3.83. The topological polar surface area (TPSA) is 83.8 Å². The third-order valence-corrected chi connectivity index (χ3v) is 5.27. The maximum atomic E-state index is 12.4. The minimum absolute atomic E-state index is 0.0405. The van der Waals surface area contributed by atoms with Crippen LogP contribution in [0.4, 0.5) is 17.1 Å². The highest BCUT2D eigenvalue weighted by Gasteiger charge is 2.16. The second-order valence-electron chi connectivity index (χ2n) is 5.13. The Morgan fingerprint density at radius 1 is 0.885 bits per heavy atom. The number of anilines is 1. The number of pyridine rings is 1. The highest BCUT2D eigenvalue weighted by molar-refractivity contribution is 7.92. The molecular formula is C17H12Cl2N4O2S. The summed E-state index contributed by atoms with van der Waals surface area (Å²) in [7, 11) is -3.83. The lowest BCUT2D eigenvalue weighted by Gasteiger charge is -2.08. The fourth-order valence-electron chi connectivity index (χ4n) is 1.97. The molecule has 3 aromatic rings. The van der Waals surface area contributed by atoms with Crippen molar-refractivity contribution in [1.29, 1.82) is 0 Å². The molecule has 9 heteroatoms. The molecule has 0 aliphatic heterocycles. The Bertz CT molecular complexity index is 1040. The monoisotopic (exact) mass is 406 g/mol. The van der Waals surface area contributed by atoms with Crippen LogP contribution in [0.3, 0.4) is 0 Å². The Morgan fingerprint density at radius 2 is 1.50 bits per heavy atom. The van der Waals surface area contributed by atoms with Gasteiger partial charge >= 0.3 is 0 Å². The van der Waals surface area contributed by atoms with Gasteiger partial charge in [0.2, 0.25) is 0 Å². The second-order valence-corrected chi connectivity index (χ2v) is 7.58. The van der Waals surface area contributed by atoms with Gasteiger partial charge in [-0.25, -0.2) is 13.4 Å². The first-order valence-corrected chi connectivity index (χ1v) is 9.59. The molecule has 132 valence electrons. The highest BCUT2D eigenvalue weighted by Crippen LogP contribution is 2.25. The van der Waals surface area contributed by atoms with Gasteiger partial charge in [-0.15, -0.1) is 0 Å². The van der Waals surface area contributed by atoms with Crippen LogP contribution >= 0.6 is 23.2 Å². The first-order chi connectivity index (χ1) is 12.4. The molecule has 0 amide bonds. The molecule has 0 fully saturated rings. The fraction of sp³-hybridized carbons (Fsp3) is 0. The van der Waals surface area contributed by atoms with E-state index in [1.54, 1.807) is 24.3 Å². The number of hydrogen-bond acceptors (Lipinski definition) is 5. The predicted molar refractivity (Wildman–Crippen MR) is 102 cm³/mol. The number of rotatable bonds is 5. The van der Waals surface area contributed by atoms with Crippen molar-refractivity contribution in [3.8, 4) is 0 Å². The standard InChI is InChI=1S/C17H12Cl2N4O2S/c18-16-10-15(11-20-17(16)19)26(24,25)23-14-8-6-13(7-9-14)22-21-12-4-2-1-3-5-12/h1-11,23H. The lowest BCUT2D eigenvalue weighted by Crippen LogP contribution is -2.13. The first kappa shape index (κ1) is 18.3. The Hall–Kier alpha value is -2.48.